The zero-order valence-electron chi connectivity index (χ0n) is 20.9. The van der Waals surface area contributed by atoms with Gasteiger partial charge in [-0.3, -0.25) is 9.59 Å². The first-order chi connectivity index (χ1) is 19.5. The van der Waals surface area contributed by atoms with Gasteiger partial charge >= 0.3 is 0 Å². The molecular weight excluding hydrogens is 536 g/mol. The fourth-order valence-electron chi connectivity index (χ4n) is 5.33. The van der Waals surface area contributed by atoms with Crippen LogP contribution in [-0.2, 0) is 0 Å². The highest BCUT2D eigenvalue weighted by atomic mass is 16.5. The first-order valence-corrected chi connectivity index (χ1v) is 12.4. The summed E-state index contributed by atoms with van der Waals surface area (Å²) in [7, 11) is 0. The van der Waals surface area contributed by atoms with Crippen LogP contribution < -0.4 is 9.47 Å². The summed E-state index contributed by atoms with van der Waals surface area (Å²) < 4.78 is 12.1. The molecule has 2 aliphatic heterocycles. The first-order valence-electron chi connectivity index (χ1n) is 12.4. The molecule has 4 aromatic rings. The van der Waals surface area contributed by atoms with Gasteiger partial charge in [0.25, 0.3) is 0 Å². The highest BCUT2D eigenvalue weighted by Crippen LogP contribution is 2.55. The third-order valence-corrected chi connectivity index (χ3v) is 7.23. The number of ether oxygens (including phenoxy) is 2. The summed E-state index contributed by atoms with van der Waals surface area (Å²) in [6, 6.07) is 14.0. The van der Waals surface area contributed by atoms with Gasteiger partial charge in [-0.1, -0.05) is 24.3 Å². The topological polar surface area (TPSA) is 194 Å². The number of carbonyl (C=O) groups excluding carboxylic acids is 2. The molecule has 2 heterocycles. The Balaban J connectivity index is 1.59. The molecule has 2 aliphatic rings. The van der Waals surface area contributed by atoms with Crippen LogP contribution in [0.4, 0.5) is 0 Å². The van der Waals surface area contributed by atoms with Crippen LogP contribution in [-0.4, -0.2) is 53.4 Å². The van der Waals surface area contributed by atoms with Gasteiger partial charge in [0.1, 0.15) is 63.2 Å². The van der Waals surface area contributed by atoms with Crippen LogP contribution in [0.15, 0.2) is 66.7 Å². The van der Waals surface area contributed by atoms with E-state index in [2.05, 4.69) is 0 Å². The first kappa shape index (κ1) is 25.8. The Hall–Kier alpha value is -5.42. The molecule has 7 N–H and O–H groups in total. The smallest absolute Gasteiger partial charge is 0.202 e. The van der Waals surface area contributed by atoms with E-state index in [1.807, 2.05) is 0 Å². The van der Waals surface area contributed by atoms with E-state index in [-0.39, 0.29) is 45.4 Å². The van der Waals surface area contributed by atoms with E-state index in [9.17, 15) is 45.3 Å². The van der Waals surface area contributed by atoms with E-state index < -0.39 is 58.6 Å². The van der Waals surface area contributed by atoms with Crippen molar-refractivity contribution in [3.05, 3.63) is 94.5 Å². The minimum Gasteiger partial charge on any atom is -0.508 e. The van der Waals surface area contributed by atoms with Gasteiger partial charge in [-0.15, -0.1) is 0 Å². The number of aromatic hydroxyl groups is 6. The Labute approximate surface area is 231 Å². The second kappa shape index (κ2) is 9.35. The van der Waals surface area contributed by atoms with Crippen molar-refractivity contribution in [3.63, 3.8) is 0 Å². The Morgan fingerprint density at radius 3 is 1.73 bits per heavy atom. The Morgan fingerprint density at radius 2 is 1.12 bits per heavy atom. The molecule has 11 nitrogen and oxygen atoms in total. The second-order valence-corrected chi connectivity index (χ2v) is 9.78. The molecule has 4 atom stereocenters. The average Bonchev–Trinajstić information content (AvgIpc) is 2.92. The molecule has 0 radical (unpaired) electrons. The molecule has 11 heteroatoms. The molecule has 0 saturated heterocycles. The lowest BCUT2D eigenvalue weighted by Gasteiger charge is -2.37. The van der Waals surface area contributed by atoms with E-state index in [4.69, 9.17) is 9.47 Å². The second-order valence-electron chi connectivity index (χ2n) is 9.78. The summed E-state index contributed by atoms with van der Waals surface area (Å²) in [4.78, 5) is 27.5. The van der Waals surface area contributed by atoms with Gasteiger partial charge in [0.05, 0.1) is 11.5 Å². The van der Waals surface area contributed by atoms with Crippen LogP contribution in [0.5, 0.6) is 46.0 Å². The lowest BCUT2D eigenvalue weighted by Crippen LogP contribution is -2.38. The number of carbonyl (C=O) groups is 2. The van der Waals surface area contributed by atoms with E-state index >= 15 is 0 Å². The van der Waals surface area contributed by atoms with E-state index in [1.54, 1.807) is 0 Å². The van der Waals surface area contributed by atoms with Crippen LogP contribution in [0.1, 0.15) is 55.5 Å². The van der Waals surface area contributed by atoms with E-state index in [0.717, 1.165) is 18.2 Å². The van der Waals surface area contributed by atoms with Gasteiger partial charge in [-0.2, -0.15) is 0 Å². The van der Waals surface area contributed by atoms with Gasteiger partial charge in [0.15, 0.2) is 18.0 Å². The zero-order chi connectivity index (χ0) is 29.2. The summed E-state index contributed by atoms with van der Waals surface area (Å²) in [6.45, 7) is 0. The molecule has 0 aromatic heterocycles. The maximum atomic E-state index is 14.1. The van der Waals surface area contributed by atoms with Crippen molar-refractivity contribution in [1.29, 1.82) is 0 Å². The van der Waals surface area contributed by atoms with E-state index in [0.29, 0.717) is 5.56 Å². The number of ketones is 2. The lowest BCUT2D eigenvalue weighted by atomic mass is 9.78. The number of rotatable bonds is 3. The quantitative estimate of drug-likeness (QED) is 0.194. The normalized spacial score (nSPS) is 21.4. The van der Waals surface area contributed by atoms with Crippen LogP contribution >= 0.6 is 0 Å². The van der Waals surface area contributed by atoms with Gasteiger partial charge in [-0.05, 0) is 35.4 Å². The molecule has 208 valence electrons. The fraction of sp³-hybridized carbons (Fsp3) is 0.133. The number of phenols is 6. The molecule has 0 aliphatic carbocycles. The number of aliphatic hydroxyl groups excluding tert-OH is 1. The number of fused-ring (bicyclic) bond motifs is 2. The molecule has 0 fully saturated rings. The highest BCUT2D eigenvalue weighted by molar-refractivity contribution is 6.10. The molecule has 41 heavy (non-hydrogen) atoms. The summed E-state index contributed by atoms with van der Waals surface area (Å²) >= 11 is 0. The zero-order valence-corrected chi connectivity index (χ0v) is 20.9. The van der Waals surface area contributed by atoms with Gasteiger partial charge in [0.2, 0.25) is 5.78 Å². The summed E-state index contributed by atoms with van der Waals surface area (Å²) in [5.74, 6) is -6.19. The molecule has 1 unspecified atom stereocenters. The number of hydrogen-bond acceptors (Lipinski definition) is 11. The van der Waals surface area contributed by atoms with Gasteiger partial charge < -0.3 is 45.2 Å². The number of benzene rings is 4. The Morgan fingerprint density at radius 1 is 0.561 bits per heavy atom. The van der Waals surface area contributed by atoms with Crippen molar-refractivity contribution in [1.82, 2.24) is 0 Å². The molecular formula is C30H22O11. The van der Waals surface area contributed by atoms with Crippen LogP contribution in [0.2, 0.25) is 0 Å². The minimum atomic E-state index is -1.78. The average molecular weight is 558 g/mol. The Bertz CT molecular complexity index is 1710. The summed E-state index contributed by atoms with van der Waals surface area (Å²) in [5, 5.41) is 72.7. The SMILES string of the molecule is O=C1c2c(O)cc(O)cc2O[C@@H](c2ccc(O)cc2)C1c1c(O)cc(O)c2c1O[C@H](c1ccc(O)cc1)[C@@H](O)C2=O. The number of Topliss-reactive ketones (excluding diaryl/α,β-unsaturated/α-hetero) is 2. The van der Waals surface area contributed by atoms with Crippen molar-refractivity contribution in [2.75, 3.05) is 0 Å². The largest absolute Gasteiger partial charge is 0.508 e. The molecule has 0 saturated carbocycles. The minimum absolute atomic E-state index is 0.0760. The van der Waals surface area contributed by atoms with Gasteiger partial charge in [-0.25, -0.2) is 0 Å². The van der Waals surface area contributed by atoms with Crippen LogP contribution in [0.25, 0.3) is 0 Å². The van der Waals surface area contributed by atoms with Crippen molar-refractivity contribution in [2.45, 2.75) is 24.2 Å². The van der Waals surface area contributed by atoms with Crippen LogP contribution in [0.3, 0.4) is 0 Å². The lowest BCUT2D eigenvalue weighted by molar-refractivity contribution is 0.0197. The third kappa shape index (κ3) is 4.10. The predicted octanol–water partition coefficient (Wildman–Crippen LogP) is 3.70. The van der Waals surface area contributed by atoms with Gasteiger partial charge in [0, 0.05) is 18.2 Å². The fourth-order valence-corrected chi connectivity index (χ4v) is 5.33. The summed E-state index contributed by atoms with van der Waals surface area (Å²) in [5.41, 5.74) is -0.418. The van der Waals surface area contributed by atoms with E-state index in [1.165, 1.54) is 48.5 Å². The maximum Gasteiger partial charge on any atom is 0.202 e. The standard InChI is InChI=1S/C30H22O11/c31-14-5-1-12(2-6-14)28-24(25(37)21-17(34)9-16(33)10-20(21)40-28)22-18(35)11-19(36)23-26(38)27(39)29(41-30(22)23)13-3-7-15(32)8-4-13/h1-11,24,27-29,31-36,39H/t24?,27-,28-,29+/m0/s1. The maximum absolute atomic E-state index is 14.1. The highest BCUT2D eigenvalue weighted by Gasteiger charge is 2.48. The number of phenolic OH excluding ortho intramolecular Hbond substituents is 6. The Kier molecular flexibility index (Phi) is 5.89. The molecule has 6 rings (SSSR count). The molecule has 0 bridgehead atoms. The number of aliphatic hydroxyl groups is 1. The molecule has 0 spiro atoms. The molecule has 4 aromatic carbocycles. The summed E-state index contributed by atoms with van der Waals surface area (Å²) in [6.07, 6.45) is -4.37. The third-order valence-electron chi connectivity index (χ3n) is 7.23. The van der Waals surface area contributed by atoms with Crippen molar-refractivity contribution in [3.8, 4) is 46.0 Å². The van der Waals surface area contributed by atoms with Crippen molar-refractivity contribution >= 4 is 11.6 Å². The monoisotopic (exact) mass is 558 g/mol. The molecule has 0 amide bonds. The van der Waals surface area contributed by atoms with Crippen molar-refractivity contribution < 1.29 is 54.8 Å². The van der Waals surface area contributed by atoms with Crippen LogP contribution in [0, 0.1) is 0 Å². The number of hydrogen-bond donors (Lipinski definition) is 7. The van der Waals surface area contributed by atoms with Crippen molar-refractivity contribution in [2.24, 2.45) is 0 Å². The predicted molar refractivity (Wildman–Crippen MR) is 140 cm³/mol.